The topological polar surface area (TPSA) is 12.9 Å². The summed E-state index contributed by atoms with van der Waals surface area (Å²) >= 11 is 0.806. The zero-order valence-electron chi connectivity index (χ0n) is 6.82. The van der Waals surface area contributed by atoms with E-state index in [4.69, 9.17) is 0 Å². The summed E-state index contributed by atoms with van der Waals surface area (Å²) in [6, 6.07) is 0. The van der Waals surface area contributed by atoms with Crippen LogP contribution in [0.1, 0.15) is 28.4 Å². The summed E-state index contributed by atoms with van der Waals surface area (Å²) in [4.78, 5) is 4.45. The fourth-order valence-electron chi connectivity index (χ4n) is 1.47. The lowest BCUT2D eigenvalue weighted by atomic mass is 10.0. The third-order valence-electron chi connectivity index (χ3n) is 2.09. The third-order valence-corrected chi connectivity index (χ3v) is 3.29. The van der Waals surface area contributed by atoms with Crippen molar-refractivity contribution in [3.8, 4) is 0 Å². The lowest BCUT2D eigenvalue weighted by molar-refractivity contribution is -0.137. The van der Waals surface area contributed by atoms with Gasteiger partial charge in [0, 0.05) is 4.88 Å². The summed E-state index contributed by atoms with van der Waals surface area (Å²) < 4.78 is 36.7. The fraction of sp³-hybridized carbons (Fsp3) is 0.625. The molecule has 0 aromatic carbocycles. The fourth-order valence-corrected chi connectivity index (χ4v) is 2.49. The molecular formula is C8H8F3NS. The number of nitrogens with zero attached hydrogens (tertiary/aromatic N) is 1. The summed E-state index contributed by atoms with van der Waals surface area (Å²) in [6.45, 7) is 0. The molecule has 2 rings (SSSR count). The van der Waals surface area contributed by atoms with Crippen molar-refractivity contribution in [2.45, 2.75) is 31.9 Å². The maximum atomic E-state index is 12.2. The molecule has 0 saturated carbocycles. The zero-order chi connectivity index (χ0) is 9.47. The third kappa shape index (κ3) is 1.70. The van der Waals surface area contributed by atoms with Gasteiger partial charge in [0.05, 0.1) is 5.69 Å². The molecule has 13 heavy (non-hydrogen) atoms. The normalized spacial score (nSPS) is 17.2. The predicted octanol–water partition coefficient (Wildman–Crippen LogP) is 3.04. The molecular weight excluding hydrogens is 199 g/mol. The molecule has 0 radical (unpaired) electrons. The van der Waals surface area contributed by atoms with Crippen LogP contribution in [0.5, 0.6) is 0 Å². The number of thiazole rings is 1. The number of hydrogen-bond donors (Lipinski definition) is 0. The Bertz CT molecular complexity index is 292. The lowest BCUT2D eigenvalue weighted by Gasteiger charge is -2.06. The highest BCUT2D eigenvalue weighted by atomic mass is 32.1. The average molecular weight is 207 g/mol. The van der Waals surface area contributed by atoms with Crippen LogP contribution in [-0.2, 0) is 19.0 Å². The minimum Gasteiger partial charge on any atom is -0.237 e. The van der Waals surface area contributed by atoms with E-state index in [0.29, 0.717) is 12.1 Å². The lowest BCUT2D eigenvalue weighted by Crippen LogP contribution is -2.04. The molecule has 0 N–H and O–H groups in total. The SMILES string of the molecule is FC(F)(F)c1nc2c(s1)CCCC2. The second kappa shape index (κ2) is 2.97. The van der Waals surface area contributed by atoms with E-state index in [2.05, 4.69) is 4.98 Å². The highest BCUT2D eigenvalue weighted by Crippen LogP contribution is 2.36. The van der Waals surface area contributed by atoms with Gasteiger partial charge in [-0.15, -0.1) is 11.3 Å². The molecule has 0 fully saturated rings. The van der Waals surface area contributed by atoms with Crippen molar-refractivity contribution < 1.29 is 13.2 Å². The highest BCUT2D eigenvalue weighted by molar-refractivity contribution is 7.11. The summed E-state index contributed by atoms with van der Waals surface area (Å²) in [7, 11) is 0. The predicted molar refractivity (Wildman–Crippen MR) is 43.8 cm³/mol. The van der Waals surface area contributed by atoms with Crippen LogP contribution in [0.2, 0.25) is 0 Å². The Morgan fingerprint density at radius 3 is 2.46 bits per heavy atom. The van der Waals surface area contributed by atoms with Crippen LogP contribution in [0.25, 0.3) is 0 Å². The molecule has 1 aromatic rings. The largest absolute Gasteiger partial charge is 0.443 e. The first-order chi connectivity index (χ1) is 6.07. The number of alkyl halides is 3. The highest BCUT2D eigenvalue weighted by Gasteiger charge is 2.36. The van der Waals surface area contributed by atoms with Crippen LogP contribution >= 0.6 is 11.3 Å². The van der Waals surface area contributed by atoms with Crippen molar-refractivity contribution in [2.75, 3.05) is 0 Å². The Balaban J connectivity index is 2.36. The van der Waals surface area contributed by atoms with Crippen molar-refractivity contribution in [3.05, 3.63) is 15.6 Å². The minimum absolute atomic E-state index is 0.670. The zero-order valence-corrected chi connectivity index (χ0v) is 7.63. The number of aromatic nitrogens is 1. The van der Waals surface area contributed by atoms with Crippen molar-refractivity contribution in [1.29, 1.82) is 0 Å². The summed E-state index contributed by atoms with van der Waals surface area (Å²) in [6.07, 6.45) is -0.826. The Labute approximate surface area is 77.6 Å². The first-order valence-electron chi connectivity index (χ1n) is 4.13. The summed E-state index contributed by atoms with van der Waals surface area (Å²) in [5.74, 6) is 0. The first-order valence-corrected chi connectivity index (χ1v) is 4.95. The van der Waals surface area contributed by atoms with Gasteiger partial charge < -0.3 is 0 Å². The van der Waals surface area contributed by atoms with E-state index in [0.717, 1.165) is 35.5 Å². The molecule has 1 aromatic heterocycles. The second-order valence-corrected chi connectivity index (χ2v) is 4.18. The van der Waals surface area contributed by atoms with E-state index in [1.807, 2.05) is 0 Å². The van der Waals surface area contributed by atoms with Crippen molar-refractivity contribution in [1.82, 2.24) is 4.98 Å². The molecule has 0 atom stereocenters. The Morgan fingerprint density at radius 2 is 1.85 bits per heavy atom. The number of fused-ring (bicyclic) bond motifs is 1. The van der Waals surface area contributed by atoms with Crippen LogP contribution in [0.15, 0.2) is 0 Å². The Hall–Kier alpha value is -0.580. The second-order valence-electron chi connectivity index (χ2n) is 3.09. The average Bonchev–Trinajstić information content (AvgIpc) is 2.45. The number of rotatable bonds is 0. The van der Waals surface area contributed by atoms with Crippen LogP contribution in [0.3, 0.4) is 0 Å². The van der Waals surface area contributed by atoms with Crippen molar-refractivity contribution in [3.63, 3.8) is 0 Å². The molecule has 1 nitrogen and oxygen atoms in total. The molecule has 0 aliphatic heterocycles. The van der Waals surface area contributed by atoms with E-state index < -0.39 is 11.2 Å². The van der Waals surface area contributed by atoms with Gasteiger partial charge in [-0.2, -0.15) is 13.2 Å². The molecule has 1 aliphatic rings. The van der Waals surface area contributed by atoms with Gasteiger partial charge in [0.2, 0.25) is 0 Å². The Kier molecular flexibility index (Phi) is 2.06. The van der Waals surface area contributed by atoms with Gasteiger partial charge in [0.15, 0.2) is 5.01 Å². The molecule has 1 heterocycles. The van der Waals surface area contributed by atoms with Gasteiger partial charge in [-0.3, -0.25) is 0 Å². The first kappa shape index (κ1) is 8.99. The summed E-state index contributed by atoms with van der Waals surface area (Å²) in [5, 5.41) is -0.681. The van der Waals surface area contributed by atoms with Gasteiger partial charge in [0.1, 0.15) is 0 Å². The smallest absolute Gasteiger partial charge is 0.237 e. The maximum Gasteiger partial charge on any atom is 0.443 e. The van der Waals surface area contributed by atoms with E-state index in [9.17, 15) is 13.2 Å². The molecule has 0 spiro atoms. The number of aryl methyl sites for hydroxylation is 2. The van der Waals surface area contributed by atoms with Gasteiger partial charge in [-0.25, -0.2) is 4.98 Å². The van der Waals surface area contributed by atoms with E-state index >= 15 is 0 Å². The van der Waals surface area contributed by atoms with Gasteiger partial charge in [0.25, 0.3) is 0 Å². The Morgan fingerprint density at radius 1 is 1.15 bits per heavy atom. The van der Waals surface area contributed by atoms with Crippen molar-refractivity contribution >= 4 is 11.3 Å². The molecule has 0 bridgehead atoms. The van der Waals surface area contributed by atoms with Crippen molar-refractivity contribution in [2.24, 2.45) is 0 Å². The number of hydrogen-bond acceptors (Lipinski definition) is 2. The van der Waals surface area contributed by atoms with Gasteiger partial charge >= 0.3 is 6.18 Å². The van der Waals surface area contributed by atoms with E-state index in [-0.39, 0.29) is 0 Å². The quantitative estimate of drug-likeness (QED) is 0.637. The molecule has 1 aliphatic carbocycles. The molecule has 5 heteroatoms. The van der Waals surface area contributed by atoms with E-state index in [1.54, 1.807) is 0 Å². The maximum absolute atomic E-state index is 12.2. The molecule has 0 unspecified atom stereocenters. The van der Waals surface area contributed by atoms with Gasteiger partial charge in [-0.1, -0.05) is 0 Å². The van der Waals surface area contributed by atoms with Crippen LogP contribution in [0.4, 0.5) is 13.2 Å². The monoisotopic (exact) mass is 207 g/mol. The van der Waals surface area contributed by atoms with Crippen LogP contribution in [0, 0.1) is 0 Å². The molecule has 0 amide bonds. The molecule has 72 valence electrons. The van der Waals surface area contributed by atoms with Crippen LogP contribution in [-0.4, -0.2) is 4.98 Å². The standard InChI is InChI=1S/C8H8F3NS/c9-8(10,11)7-12-5-3-1-2-4-6(5)13-7/h1-4H2. The van der Waals surface area contributed by atoms with Crippen LogP contribution < -0.4 is 0 Å². The van der Waals surface area contributed by atoms with E-state index in [1.165, 1.54) is 0 Å². The summed E-state index contributed by atoms with van der Waals surface area (Å²) in [5.41, 5.74) is 0.670. The van der Waals surface area contributed by atoms with Gasteiger partial charge in [-0.05, 0) is 25.7 Å². The molecule has 0 saturated heterocycles. The number of halogens is 3. The minimum atomic E-state index is -4.26.